The monoisotopic (exact) mass is 263 g/mol. The van der Waals surface area contributed by atoms with E-state index in [1.165, 1.54) is 5.56 Å². The van der Waals surface area contributed by atoms with Gasteiger partial charge in [-0.25, -0.2) is 0 Å². The summed E-state index contributed by atoms with van der Waals surface area (Å²) in [5, 5.41) is 1.29. The van der Waals surface area contributed by atoms with E-state index < -0.39 is 0 Å². The average molecular weight is 264 g/mol. The van der Waals surface area contributed by atoms with Gasteiger partial charge in [0.25, 0.3) is 0 Å². The van der Waals surface area contributed by atoms with Gasteiger partial charge in [0.2, 0.25) is 0 Å². The molecule has 2 N–H and O–H groups in total. The standard InChI is InChI=1S/C14H11Cl2N/c1-7-2-3-9-10-5-8(15)6-12(16)13(10)14(17)11(9)4-7/h2-6,14H,17H2,1H3. The number of aryl methyl sites for hydroxylation is 1. The minimum atomic E-state index is -0.148. The van der Waals surface area contributed by atoms with Crippen LogP contribution in [0.3, 0.4) is 0 Å². The Morgan fingerprint density at radius 1 is 1.06 bits per heavy atom. The van der Waals surface area contributed by atoms with Crippen LogP contribution in [0.25, 0.3) is 11.1 Å². The Balaban J connectivity index is 2.35. The SMILES string of the molecule is Cc1ccc2c(c1)C(N)c1c(Cl)cc(Cl)cc1-2. The van der Waals surface area contributed by atoms with Gasteiger partial charge in [-0.3, -0.25) is 0 Å². The first-order valence-electron chi connectivity index (χ1n) is 5.43. The van der Waals surface area contributed by atoms with Crippen molar-refractivity contribution in [2.75, 3.05) is 0 Å². The lowest BCUT2D eigenvalue weighted by molar-refractivity contribution is 0.899. The summed E-state index contributed by atoms with van der Waals surface area (Å²) in [4.78, 5) is 0. The Hall–Kier alpha value is -1.02. The molecule has 0 aliphatic heterocycles. The number of rotatable bonds is 0. The van der Waals surface area contributed by atoms with Crippen LogP contribution >= 0.6 is 23.2 Å². The van der Waals surface area contributed by atoms with Crippen LogP contribution in [0.1, 0.15) is 22.7 Å². The Morgan fingerprint density at radius 2 is 1.82 bits per heavy atom. The van der Waals surface area contributed by atoms with Crippen molar-refractivity contribution >= 4 is 23.2 Å². The normalized spacial score (nSPS) is 16.8. The number of hydrogen-bond acceptors (Lipinski definition) is 1. The molecule has 0 saturated carbocycles. The zero-order valence-electron chi connectivity index (χ0n) is 9.30. The van der Waals surface area contributed by atoms with Crippen LogP contribution in [0.4, 0.5) is 0 Å². The molecule has 3 heteroatoms. The van der Waals surface area contributed by atoms with E-state index in [1.54, 1.807) is 6.07 Å². The van der Waals surface area contributed by atoms with Gasteiger partial charge in [-0.1, -0.05) is 47.0 Å². The summed E-state index contributed by atoms with van der Waals surface area (Å²) in [6, 6.07) is 9.82. The summed E-state index contributed by atoms with van der Waals surface area (Å²) >= 11 is 12.3. The number of benzene rings is 2. The molecule has 0 amide bonds. The second kappa shape index (κ2) is 3.74. The van der Waals surface area contributed by atoms with Crippen molar-refractivity contribution in [1.29, 1.82) is 0 Å². The van der Waals surface area contributed by atoms with E-state index in [0.29, 0.717) is 10.0 Å². The molecule has 0 spiro atoms. The van der Waals surface area contributed by atoms with Crippen LogP contribution in [-0.2, 0) is 0 Å². The van der Waals surface area contributed by atoms with Gasteiger partial charge in [0, 0.05) is 10.0 Å². The van der Waals surface area contributed by atoms with E-state index in [9.17, 15) is 0 Å². The van der Waals surface area contributed by atoms with Crippen molar-refractivity contribution in [3.63, 3.8) is 0 Å². The molecular weight excluding hydrogens is 253 g/mol. The third kappa shape index (κ3) is 1.58. The Kier molecular flexibility index (Phi) is 2.44. The van der Waals surface area contributed by atoms with Crippen LogP contribution in [0.15, 0.2) is 30.3 Å². The summed E-state index contributed by atoms with van der Waals surface area (Å²) < 4.78 is 0. The first-order chi connectivity index (χ1) is 8.08. The van der Waals surface area contributed by atoms with E-state index in [0.717, 1.165) is 22.3 Å². The molecule has 0 fully saturated rings. The third-order valence-corrected chi connectivity index (χ3v) is 3.77. The maximum absolute atomic E-state index is 6.25. The first-order valence-corrected chi connectivity index (χ1v) is 6.19. The third-order valence-electron chi connectivity index (χ3n) is 3.24. The van der Waals surface area contributed by atoms with E-state index in [-0.39, 0.29) is 6.04 Å². The van der Waals surface area contributed by atoms with E-state index in [2.05, 4.69) is 25.1 Å². The maximum Gasteiger partial charge on any atom is 0.0578 e. The molecule has 3 rings (SSSR count). The van der Waals surface area contributed by atoms with Crippen LogP contribution in [0, 0.1) is 6.92 Å². The Bertz CT molecular complexity index is 620. The summed E-state index contributed by atoms with van der Waals surface area (Å²) in [5.41, 5.74) is 11.8. The minimum Gasteiger partial charge on any atom is -0.320 e. The molecule has 1 aliphatic carbocycles. The molecule has 0 saturated heterocycles. The fourth-order valence-corrected chi connectivity index (χ4v) is 3.07. The second-order valence-corrected chi connectivity index (χ2v) is 5.26. The molecule has 1 nitrogen and oxygen atoms in total. The zero-order valence-corrected chi connectivity index (χ0v) is 10.8. The average Bonchev–Trinajstić information content (AvgIpc) is 2.52. The van der Waals surface area contributed by atoms with Gasteiger partial charge < -0.3 is 5.73 Å². The van der Waals surface area contributed by atoms with Crippen molar-refractivity contribution in [2.24, 2.45) is 5.73 Å². The molecule has 1 unspecified atom stereocenters. The fraction of sp³-hybridized carbons (Fsp3) is 0.143. The predicted molar refractivity (Wildman–Crippen MR) is 72.7 cm³/mol. The topological polar surface area (TPSA) is 26.0 Å². The van der Waals surface area contributed by atoms with Crippen molar-refractivity contribution in [3.8, 4) is 11.1 Å². The molecule has 17 heavy (non-hydrogen) atoms. The van der Waals surface area contributed by atoms with Crippen molar-refractivity contribution in [3.05, 3.63) is 57.1 Å². The quantitative estimate of drug-likeness (QED) is 0.753. The van der Waals surface area contributed by atoms with Crippen LogP contribution in [0.2, 0.25) is 10.0 Å². The largest absolute Gasteiger partial charge is 0.320 e. The molecule has 0 bridgehead atoms. The highest BCUT2D eigenvalue weighted by atomic mass is 35.5. The summed E-state index contributed by atoms with van der Waals surface area (Å²) in [6.07, 6.45) is 0. The van der Waals surface area contributed by atoms with Crippen molar-refractivity contribution in [1.82, 2.24) is 0 Å². The van der Waals surface area contributed by atoms with Gasteiger partial charge in [0.15, 0.2) is 0 Å². The minimum absolute atomic E-state index is 0.148. The highest BCUT2D eigenvalue weighted by molar-refractivity contribution is 6.36. The molecule has 2 aromatic rings. The van der Waals surface area contributed by atoms with Gasteiger partial charge in [0.05, 0.1) is 6.04 Å². The maximum atomic E-state index is 6.25. The lowest BCUT2D eigenvalue weighted by Crippen LogP contribution is -2.08. The smallest absolute Gasteiger partial charge is 0.0578 e. The highest BCUT2D eigenvalue weighted by Gasteiger charge is 2.28. The van der Waals surface area contributed by atoms with Gasteiger partial charge in [-0.2, -0.15) is 0 Å². The predicted octanol–water partition coefficient (Wildman–Crippen LogP) is 4.33. The van der Waals surface area contributed by atoms with Gasteiger partial charge >= 0.3 is 0 Å². The highest BCUT2D eigenvalue weighted by Crippen LogP contribution is 2.46. The van der Waals surface area contributed by atoms with Gasteiger partial charge in [-0.15, -0.1) is 0 Å². The molecule has 86 valence electrons. The van der Waals surface area contributed by atoms with E-state index >= 15 is 0 Å². The van der Waals surface area contributed by atoms with Crippen LogP contribution in [-0.4, -0.2) is 0 Å². The first kappa shape index (κ1) is 11.1. The zero-order chi connectivity index (χ0) is 12.2. The fourth-order valence-electron chi connectivity index (χ4n) is 2.46. The second-order valence-electron chi connectivity index (χ2n) is 4.42. The number of halogens is 2. The summed E-state index contributed by atoms with van der Waals surface area (Å²) in [7, 11) is 0. The molecule has 1 atom stereocenters. The van der Waals surface area contributed by atoms with Crippen molar-refractivity contribution < 1.29 is 0 Å². The van der Waals surface area contributed by atoms with Crippen LogP contribution < -0.4 is 5.73 Å². The molecule has 0 radical (unpaired) electrons. The van der Waals surface area contributed by atoms with Crippen molar-refractivity contribution in [2.45, 2.75) is 13.0 Å². The summed E-state index contributed by atoms with van der Waals surface area (Å²) in [5.74, 6) is 0. The molecule has 2 aromatic carbocycles. The van der Waals surface area contributed by atoms with Crippen LogP contribution in [0.5, 0.6) is 0 Å². The Labute approximate surface area is 110 Å². The van der Waals surface area contributed by atoms with E-state index in [4.69, 9.17) is 28.9 Å². The van der Waals surface area contributed by atoms with Gasteiger partial charge in [0.1, 0.15) is 0 Å². The Morgan fingerprint density at radius 3 is 2.59 bits per heavy atom. The van der Waals surface area contributed by atoms with Gasteiger partial charge in [-0.05, 0) is 41.3 Å². The molecular formula is C14H11Cl2N. The number of hydrogen-bond donors (Lipinski definition) is 1. The summed E-state index contributed by atoms with van der Waals surface area (Å²) in [6.45, 7) is 2.06. The molecule has 0 aromatic heterocycles. The molecule has 0 heterocycles. The lowest BCUT2D eigenvalue weighted by atomic mass is 10.0. The molecule has 1 aliphatic rings. The number of fused-ring (bicyclic) bond motifs is 3. The lowest BCUT2D eigenvalue weighted by Gasteiger charge is -2.08. The number of nitrogens with two attached hydrogens (primary N) is 1. The van der Waals surface area contributed by atoms with E-state index in [1.807, 2.05) is 6.07 Å².